The van der Waals surface area contributed by atoms with Gasteiger partial charge in [0.1, 0.15) is 0 Å². The molecular formula is C18H30N2S2. The van der Waals surface area contributed by atoms with Gasteiger partial charge in [0.25, 0.3) is 0 Å². The Hall–Kier alpha value is -0.740. The van der Waals surface area contributed by atoms with E-state index < -0.39 is 0 Å². The van der Waals surface area contributed by atoms with E-state index in [0.29, 0.717) is 0 Å². The number of benzene rings is 1. The van der Waals surface area contributed by atoms with Crippen LogP contribution in [0.1, 0.15) is 34.6 Å². The van der Waals surface area contributed by atoms with Gasteiger partial charge in [0, 0.05) is 28.3 Å². The van der Waals surface area contributed by atoms with Crippen molar-refractivity contribution in [3.05, 3.63) is 36.4 Å². The molecular weight excluding hydrogens is 308 g/mol. The van der Waals surface area contributed by atoms with Crippen LogP contribution in [0.15, 0.2) is 36.4 Å². The summed E-state index contributed by atoms with van der Waals surface area (Å²) < 4.78 is 0.124. The van der Waals surface area contributed by atoms with E-state index in [4.69, 9.17) is 0 Å². The molecule has 0 unspecified atom stereocenters. The van der Waals surface area contributed by atoms with E-state index >= 15 is 0 Å². The zero-order valence-electron chi connectivity index (χ0n) is 14.5. The smallest absolute Gasteiger partial charge is 0.0576 e. The fourth-order valence-electron chi connectivity index (χ4n) is 1.78. The van der Waals surface area contributed by atoms with Gasteiger partial charge in [-0.15, -0.1) is 11.8 Å². The summed E-state index contributed by atoms with van der Waals surface area (Å²) >= 11 is 6.50. The number of hydrogen-bond donors (Lipinski definition) is 3. The number of nitrogens with one attached hydrogen (secondary N) is 2. The van der Waals surface area contributed by atoms with Crippen molar-refractivity contribution in [1.82, 2.24) is 0 Å². The molecule has 0 fully saturated rings. The van der Waals surface area contributed by atoms with Crippen molar-refractivity contribution in [2.45, 2.75) is 44.1 Å². The Bertz CT molecular complexity index is 490. The maximum absolute atomic E-state index is 4.57. The van der Waals surface area contributed by atoms with E-state index in [1.165, 1.54) is 5.57 Å². The molecule has 0 heterocycles. The molecule has 2 N–H and O–H groups in total. The van der Waals surface area contributed by atoms with Crippen molar-refractivity contribution in [1.29, 1.82) is 0 Å². The average Bonchev–Trinajstić information content (AvgIpc) is 2.41. The highest BCUT2D eigenvalue weighted by molar-refractivity contribution is 8.00. The summed E-state index contributed by atoms with van der Waals surface area (Å²) in [6.07, 6.45) is 0. The largest absolute Gasteiger partial charge is 0.382 e. The van der Waals surface area contributed by atoms with Crippen molar-refractivity contribution < 1.29 is 0 Å². The van der Waals surface area contributed by atoms with Crippen LogP contribution in [0.2, 0.25) is 0 Å². The lowest BCUT2D eigenvalue weighted by atomic mass is 10.1. The standard InChI is InChI=1S/C18H30N2S2/c1-14(2)11-22-18(5,6)13-20-16-10-8-7-9-15(16)19-12-17(3,4)21/h7-10,19-21H,1,11-13H2,2-6H3. The second kappa shape index (κ2) is 8.21. The van der Waals surface area contributed by atoms with Crippen LogP contribution in [0.3, 0.4) is 0 Å². The SMILES string of the molecule is C=C(C)CSC(C)(C)CNc1ccccc1NCC(C)(C)S. The molecule has 0 saturated heterocycles. The van der Waals surface area contributed by atoms with Gasteiger partial charge in [-0.3, -0.25) is 0 Å². The first-order valence-electron chi connectivity index (χ1n) is 7.67. The van der Waals surface area contributed by atoms with E-state index in [1.807, 2.05) is 11.8 Å². The predicted molar refractivity (Wildman–Crippen MR) is 108 cm³/mol. The summed E-state index contributed by atoms with van der Waals surface area (Å²) in [4.78, 5) is 0. The topological polar surface area (TPSA) is 24.1 Å². The van der Waals surface area contributed by atoms with E-state index in [0.717, 1.165) is 30.2 Å². The Kier molecular flexibility index (Phi) is 7.20. The van der Waals surface area contributed by atoms with E-state index in [1.54, 1.807) is 0 Å². The third-order valence-electron chi connectivity index (χ3n) is 3.05. The van der Waals surface area contributed by atoms with Crippen molar-refractivity contribution in [2.24, 2.45) is 0 Å². The van der Waals surface area contributed by atoms with Crippen molar-refractivity contribution >= 4 is 35.8 Å². The summed E-state index contributed by atoms with van der Waals surface area (Å²) in [5.74, 6) is 1.00. The lowest BCUT2D eigenvalue weighted by Gasteiger charge is -2.26. The fourth-order valence-corrected chi connectivity index (χ4v) is 2.67. The van der Waals surface area contributed by atoms with Crippen LogP contribution in [0.25, 0.3) is 0 Å². The fraction of sp³-hybridized carbons (Fsp3) is 0.556. The molecule has 0 radical (unpaired) electrons. The van der Waals surface area contributed by atoms with Gasteiger partial charge >= 0.3 is 0 Å². The normalized spacial score (nSPS) is 12.1. The second-order valence-electron chi connectivity index (χ2n) is 7.07. The van der Waals surface area contributed by atoms with Crippen LogP contribution in [0.4, 0.5) is 11.4 Å². The second-order valence-corrected chi connectivity index (χ2v) is 9.96. The molecule has 0 atom stereocenters. The first-order valence-corrected chi connectivity index (χ1v) is 9.10. The third-order valence-corrected chi connectivity index (χ3v) is 4.77. The number of thioether (sulfide) groups is 1. The Morgan fingerprint density at radius 3 is 2.05 bits per heavy atom. The minimum Gasteiger partial charge on any atom is -0.382 e. The first kappa shape index (κ1) is 19.3. The van der Waals surface area contributed by atoms with E-state index in [9.17, 15) is 0 Å². The Balaban J connectivity index is 2.63. The average molecular weight is 339 g/mol. The monoisotopic (exact) mass is 338 g/mol. The summed E-state index contributed by atoms with van der Waals surface area (Å²) in [6.45, 7) is 16.5. The number of rotatable bonds is 9. The first-order chi connectivity index (χ1) is 10.1. The highest BCUT2D eigenvalue weighted by Crippen LogP contribution is 2.28. The number of para-hydroxylation sites is 2. The third kappa shape index (κ3) is 8.04. The minimum atomic E-state index is -0.0380. The molecule has 0 amide bonds. The number of hydrogen-bond acceptors (Lipinski definition) is 4. The summed E-state index contributed by atoms with van der Waals surface area (Å²) in [5, 5.41) is 7.06. The van der Waals surface area contributed by atoms with Crippen LogP contribution in [-0.2, 0) is 0 Å². The molecule has 22 heavy (non-hydrogen) atoms. The molecule has 4 heteroatoms. The van der Waals surface area contributed by atoms with Gasteiger partial charge in [0.05, 0.1) is 11.4 Å². The molecule has 124 valence electrons. The predicted octanol–water partition coefficient (Wildman–Crippen LogP) is 5.31. The highest BCUT2D eigenvalue weighted by Gasteiger charge is 2.19. The summed E-state index contributed by atoms with van der Waals surface area (Å²) in [5.41, 5.74) is 3.49. The maximum atomic E-state index is 4.57. The molecule has 0 aliphatic heterocycles. The van der Waals surface area contributed by atoms with Gasteiger partial charge in [-0.1, -0.05) is 24.3 Å². The molecule has 0 aromatic heterocycles. The molecule has 1 rings (SSSR count). The van der Waals surface area contributed by atoms with Gasteiger partial charge < -0.3 is 10.6 Å². The van der Waals surface area contributed by atoms with E-state index in [-0.39, 0.29) is 9.49 Å². The van der Waals surface area contributed by atoms with Crippen molar-refractivity contribution in [2.75, 3.05) is 29.5 Å². The summed E-state index contributed by atoms with van der Waals surface area (Å²) in [7, 11) is 0. The lowest BCUT2D eigenvalue weighted by Crippen LogP contribution is -2.28. The van der Waals surface area contributed by atoms with Crippen LogP contribution in [0, 0.1) is 0 Å². The van der Waals surface area contributed by atoms with Gasteiger partial charge in [0.15, 0.2) is 0 Å². The van der Waals surface area contributed by atoms with E-state index in [2.05, 4.69) is 88.7 Å². The minimum absolute atomic E-state index is 0.0380. The van der Waals surface area contributed by atoms with Crippen molar-refractivity contribution in [3.63, 3.8) is 0 Å². The van der Waals surface area contributed by atoms with Crippen LogP contribution >= 0.6 is 24.4 Å². The van der Waals surface area contributed by atoms with Crippen LogP contribution < -0.4 is 10.6 Å². The van der Waals surface area contributed by atoms with Gasteiger partial charge in [-0.05, 0) is 46.8 Å². The number of anilines is 2. The van der Waals surface area contributed by atoms with Gasteiger partial charge in [-0.2, -0.15) is 12.6 Å². The quantitative estimate of drug-likeness (QED) is 0.420. The molecule has 0 aliphatic carbocycles. The Morgan fingerprint density at radius 2 is 1.59 bits per heavy atom. The molecule has 0 bridgehead atoms. The molecule has 2 nitrogen and oxygen atoms in total. The highest BCUT2D eigenvalue weighted by atomic mass is 32.2. The Labute approximate surface area is 145 Å². The molecule has 1 aromatic rings. The molecule has 1 aromatic carbocycles. The van der Waals surface area contributed by atoms with Crippen molar-refractivity contribution in [3.8, 4) is 0 Å². The van der Waals surface area contributed by atoms with Gasteiger partial charge in [-0.25, -0.2) is 0 Å². The maximum Gasteiger partial charge on any atom is 0.0576 e. The Morgan fingerprint density at radius 1 is 1.09 bits per heavy atom. The molecule has 0 aliphatic rings. The van der Waals surface area contributed by atoms with Crippen LogP contribution in [0.5, 0.6) is 0 Å². The zero-order valence-corrected chi connectivity index (χ0v) is 16.2. The molecule has 0 spiro atoms. The zero-order chi connectivity index (χ0) is 16.8. The lowest BCUT2D eigenvalue weighted by molar-refractivity contribution is 0.748. The summed E-state index contributed by atoms with van der Waals surface area (Å²) in [6, 6.07) is 8.34. The molecule has 0 saturated carbocycles. The van der Waals surface area contributed by atoms with Crippen LogP contribution in [-0.4, -0.2) is 28.3 Å². The number of thiol groups is 1. The van der Waals surface area contributed by atoms with Gasteiger partial charge in [0.2, 0.25) is 0 Å².